The highest BCUT2D eigenvalue weighted by atomic mass is 32.2. The lowest BCUT2D eigenvalue weighted by Gasteiger charge is -2.22. The van der Waals surface area contributed by atoms with Gasteiger partial charge in [0.25, 0.3) is 5.78 Å². The molecule has 8 heteroatoms. The van der Waals surface area contributed by atoms with Crippen LogP contribution < -0.4 is 0 Å². The molecule has 0 aliphatic carbocycles. The molecule has 1 aromatic carbocycles. The van der Waals surface area contributed by atoms with E-state index >= 15 is 0 Å². The van der Waals surface area contributed by atoms with Crippen molar-refractivity contribution in [1.82, 2.24) is 24.5 Å². The Balaban J connectivity index is 1.87. The molecule has 1 amide bonds. The van der Waals surface area contributed by atoms with Crippen LogP contribution in [0.25, 0.3) is 5.78 Å². The number of nitriles is 1. The van der Waals surface area contributed by atoms with E-state index in [0.29, 0.717) is 29.6 Å². The minimum atomic E-state index is -0.0372. The molecule has 0 N–H and O–H groups in total. The van der Waals surface area contributed by atoms with E-state index in [1.807, 2.05) is 32.2 Å². The molecule has 0 saturated heterocycles. The molecule has 2 aromatic heterocycles. The first-order valence-corrected chi connectivity index (χ1v) is 10.3. The van der Waals surface area contributed by atoms with Gasteiger partial charge in [-0.15, -0.1) is 11.7 Å². The van der Waals surface area contributed by atoms with E-state index in [0.717, 1.165) is 22.5 Å². The molecule has 3 rings (SSSR count). The number of aryl methyl sites for hydroxylation is 2. The van der Waals surface area contributed by atoms with Crippen molar-refractivity contribution in [2.75, 3.05) is 12.8 Å². The van der Waals surface area contributed by atoms with Gasteiger partial charge >= 0.3 is 0 Å². The molecule has 0 aliphatic rings. The quantitative estimate of drug-likeness (QED) is 0.443. The number of nitrogens with zero attached hydrogens (tertiary/aromatic N) is 6. The summed E-state index contributed by atoms with van der Waals surface area (Å²) in [5.74, 6) is 0.502. The lowest BCUT2D eigenvalue weighted by Crippen LogP contribution is -2.32. The molecule has 0 bridgehead atoms. The zero-order valence-corrected chi connectivity index (χ0v) is 17.5. The molecule has 7 nitrogen and oxygen atoms in total. The third-order valence-corrected chi connectivity index (χ3v) is 5.21. The predicted molar refractivity (Wildman–Crippen MR) is 113 cm³/mol. The fourth-order valence-electron chi connectivity index (χ4n) is 3.17. The van der Waals surface area contributed by atoms with Crippen molar-refractivity contribution in [3.63, 3.8) is 0 Å². The van der Waals surface area contributed by atoms with Gasteiger partial charge in [-0.25, -0.2) is 9.50 Å². The van der Waals surface area contributed by atoms with Gasteiger partial charge in [-0.2, -0.15) is 10.2 Å². The van der Waals surface area contributed by atoms with Gasteiger partial charge < -0.3 is 4.90 Å². The van der Waals surface area contributed by atoms with Crippen molar-refractivity contribution in [3.05, 3.63) is 65.0 Å². The molecule has 0 spiro atoms. The van der Waals surface area contributed by atoms with Gasteiger partial charge in [-0.1, -0.05) is 30.0 Å². The molecule has 0 radical (unpaired) electrons. The Bertz CT molecular complexity index is 1110. The SMILES string of the molecule is C=CCN(Cc1cccc(C#N)c1)C(=O)Cc1c(C)nc2nc(SC)nn2c1C. The third-order valence-electron chi connectivity index (χ3n) is 4.67. The highest BCUT2D eigenvalue weighted by Gasteiger charge is 2.19. The summed E-state index contributed by atoms with van der Waals surface area (Å²) in [6.07, 6.45) is 3.83. The van der Waals surface area contributed by atoms with E-state index in [1.54, 1.807) is 27.6 Å². The number of benzene rings is 1. The lowest BCUT2D eigenvalue weighted by molar-refractivity contribution is -0.130. The first kappa shape index (κ1) is 20.6. The highest BCUT2D eigenvalue weighted by molar-refractivity contribution is 7.98. The maximum absolute atomic E-state index is 13.1. The van der Waals surface area contributed by atoms with Crippen molar-refractivity contribution in [3.8, 4) is 6.07 Å². The van der Waals surface area contributed by atoms with Gasteiger partial charge in [0.1, 0.15) is 0 Å². The van der Waals surface area contributed by atoms with E-state index < -0.39 is 0 Å². The number of rotatable bonds is 7. The summed E-state index contributed by atoms with van der Waals surface area (Å²) in [6.45, 7) is 8.42. The Kier molecular flexibility index (Phi) is 6.29. The van der Waals surface area contributed by atoms with Gasteiger partial charge in [0, 0.05) is 30.0 Å². The minimum absolute atomic E-state index is 0.0372. The summed E-state index contributed by atoms with van der Waals surface area (Å²) in [5.41, 5.74) is 3.96. The normalized spacial score (nSPS) is 10.7. The Hall–Kier alpha value is -3.18. The van der Waals surface area contributed by atoms with Crippen molar-refractivity contribution in [1.29, 1.82) is 5.26 Å². The number of hydrogen-bond donors (Lipinski definition) is 0. The summed E-state index contributed by atoms with van der Waals surface area (Å²) in [5, 5.41) is 14.2. The number of aromatic nitrogens is 4. The number of fused-ring (bicyclic) bond motifs is 1. The third kappa shape index (κ3) is 4.46. The molecular weight excluding hydrogens is 384 g/mol. The predicted octanol–water partition coefficient (Wildman–Crippen LogP) is 3.09. The van der Waals surface area contributed by atoms with Gasteiger partial charge in [0.15, 0.2) is 0 Å². The van der Waals surface area contributed by atoms with E-state index in [1.165, 1.54) is 11.8 Å². The Morgan fingerprint density at radius 2 is 2.17 bits per heavy atom. The van der Waals surface area contributed by atoms with E-state index in [9.17, 15) is 4.79 Å². The largest absolute Gasteiger partial charge is 0.334 e. The first-order chi connectivity index (χ1) is 14.0. The molecule has 3 aromatic rings. The van der Waals surface area contributed by atoms with Crippen molar-refractivity contribution < 1.29 is 4.79 Å². The zero-order chi connectivity index (χ0) is 21.0. The molecule has 0 unspecified atom stereocenters. The maximum atomic E-state index is 13.1. The zero-order valence-electron chi connectivity index (χ0n) is 16.7. The van der Waals surface area contributed by atoms with E-state index in [-0.39, 0.29) is 12.3 Å². The molecule has 148 valence electrons. The standard InChI is InChI=1S/C21H22N6OS/c1-5-9-26(13-17-8-6-7-16(10-17)12-22)19(28)11-18-14(2)23-20-24-21(29-4)25-27(20)15(18)3/h5-8,10H,1,9,11,13H2,2-4H3. The number of thioether (sulfide) groups is 1. The molecule has 0 fully saturated rings. The summed E-state index contributed by atoms with van der Waals surface area (Å²) < 4.78 is 1.69. The number of carbonyl (C=O) groups excluding carboxylic acids is 1. The topological polar surface area (TPSA) is 87.2 Å². The summed E-state index contributed by atoms with van der Waals surface area (Å²) >= 11 is 1.45. The van der Waals surface area contributed by atoms with Crippen LogP contribution in [0.3, 0.4) is 0 Å². The van der Waals surface area contributed by atoms with Crippen molar-refractivity contribution in [2.24, 2.45) is 0 Å². The van der Waals surface area contributed by atoms with Gasteiger partial charge in [0.05, 0.1) is 18.1 Å². The van der Waals surface area contributed by atoms with Crippen LogP contribution in [-0.4, -0.2) is 43.2 Å². The molecule has 0 saturated carbocycles. The van der Waals surface area contributed by atoms with Crippen molar-refractivity contribution >= 4 is 23.4 Å². The van der Waals surface area contributed by atoms with E-state index in [4.69, 9.17) is 5.26 Å². The average Bonchev–Trinajstić information content (AvgIpc) is 3.14. The van der Waals surface area contributed by atoms with Gasteiger partial charge in [-0.05, 0) is 37.8 Å². The average molecular weight is 407 g/mol. The molecule has 29 heavy (non-hydrogen) atoms. The van der Waals surface area contributed by atoms with Crippen LogP contribution in [0.4, 0.5) is 0 Å². The highest BCUT2D eigenvalue weighted by Crippen LogP contribution is 2.18. The van der Waals surface area contributed by atoms with Crippen LogP contribution in [0.5, 0.6) is 0 Å². The fourth-order valence-corrected chi connectivity index (χ4v) is 3.50. The molecular formula is C21H22N6OS. The molecule has 0 aliphatic heterocycles. The Labute approximate surface area is 174 Å². The van der Waals surface area contributed by atoms with Crippen LogP contribution in [0.1, 0.15) is 28.1 Å². The van der Waals surface area contributed by atoms with Crippen LogP contribution in [0.15, 0.2) is 42.1 Å². The molecule has 2 heterocycles. The Morgan fingerprint density at radius 3 is 2.86 bits per heavy atom. The smallest absolute Gasteiger partial charge is 0.253 e. The second-order valence-electron chi connectivity index (χ2n) is 6.62. The number of amides is 1. The fraction of sp³-hybridized carbons (Fsp3) is 0.286. The summed E-state index contributed by atoms with van der Waals surface area (Å²) in [4.78, 5) is 23.7. The van der Waals surface area contributed by atoms with Crippen LogP contribution in [-0.2, 0) is 17.8 Å². The van der Waals surface area contributed by atoms with Crippen molar-refractivity contribution in [2.45, 2.75) is 32.0 Å². The summed E-state index contributed by atoms with van der Waals surface area (Å²) in [6, 6.07) is 9.41. The number of carbonyl (C=O) groups is 1. The maximum Gasteiger partial charge on any atom is 0.253 e. The number of hydrogen-bond acceptors (Lipinski definition) is 6. The monoisotopic (exact) mass is 406 g/mol. The second-order valence-corrected chi connectivity index (χ2v) is 7.40. The van der Waals surface area contributed by atoms with E-state index in [2.05, 4.69) is 27.7 Å². The van der Waals surface area contributed by atoms with Gasteiger partial charge in [-0.3, -0.25) is 4.79 Å². The van der Waals surface area contributed by atoms with Gasteiger partial charge in [0.2, 0.25) is 11.1 Å². The lowest BCUT2D eigenvalue weighted by atomic mass is 10.1. The van der Waals surface area contributed by atoms with Crippen LogP contribution in [0.2, 0.25) is 0 Å². The molecule has 0 atom stereocenters. The van der Waals surface area contributed by atoms with Crippen LogP contribution >= 0.6 is 11.8 Å². The minimum Gasteiger partial charge on any atom is -0.334 e. The summed E-state index contributed by atoms with van der Waals surface area (Å²) in [7, 11) is 0. The second kappa shape index (κ2) is 8.88. The van der Waals surface area contributed by atoms with Crippen LogP contribution in [0, 0.1) is 25.2 Å². The Morgan fingerprint density at radius 1 is 1.38 bits per heavy atom. The first-order valence-electron chi connectivity index (χ1n) is 9.11.